The van der Waals surface area contributed by atoms with E-state index in [4.69, 9.17) is 0 Å². The smallest absolute Gasteiger partial charge is 0.337 e. The fourth-order valence-corrected chi connectivity index (χ4v) is 4.46. The zero-order valence-corrected chi connectivity index (χ0v) is 17.9. The Labute approximate surface area is 175 Å². The Kier molecular flexibility index (Phi) is 5.91. The highest BCUT2D eigenvalue weighted by Crippen LogP contribution is 2.28. The molecule has 0 N–H and O–H groups in total. The molecule has 0 fully saturated rings. The van der Waals surface area contributed by atoms with E-state index in [9.17, 15) is 4.79 Å². The third-order valence-corrected chi connectivity index (χ3v) is 5.98. The molecule has 2 aromatic carbocycles. The van der Waals surface area contributed by atoms with Crippen LogP contribution in [0.5, 0.6) is 0 Å². The molecule has 6 heteroatoms. The molecule has 0 saturated carbocycles. The molecule has 1 aliphatic heterocycles. The Morgan fingerprint density at radius 1 is 1.12 bits per heavy atom. The quantitative estimate of drug-likeness (QED) is 0.288. The molecule has 0 saturated heterocycles. The van der Waals surface area contributed by atoms with Gasteiger partial charge in [0.2, 0.25) is 5.78 Å². The van der Waals surface area contributed by atoms with Crippen molar-refractivity contribution < 1.29 is 26.3 Å². The second-order valence-corrected chi connectivity index (χ2v) is 7.85. The molecule has 2 heterocycles. The van der Waals surface area contributed by atoms with Gasteiger partial charge in [0.1, 0.15) is 25.3 Å². The van der Waals surface area contributed by atoms with E-state index in [0.717, 1.165) is 22.2 Å². The van der Waals surface area contributed by atoms with Crippen LogP contribution in [-0.4, -0.2) is 18.9 Å². The second-order valence-electron chi connectivity index (χ2n) is 5.77. The van der Waals surface area contributed by atoms with Gasteiger partial charge in [0.05, 0.1) is 0 Å². The van der Waals surface area contributed by atoms with Crippen LogP contribution in [0.3, 0.4) is 0 Å². The van der Waals surface area contributed by atoms with Gasteiger partial charge < -0.3 is 17.0 Å². The minimum Gasteiger partial charge on any atom is -1.00 e. The molecule has 128 valence electrons. The van der Waals surface area contributed by atoms with Gasteiger partial charge in [0, 0.05) is 20.1 Å². The molecule has 0 aliphatic carbocycles. The Morgan fingerprint density at radius 2 is 1.84 bits per heavy atom. The summed E-state index contributed by atoms with van der Waals surface area (Å²) in [5, 5.41) is 3.36. The minimum absolute atomic E-state index is 0. The van der Waals surface area contributed by atoms with E-state index in [1.165, 1.54) is 16.4 Å². The van der Waals surface area contributed by atoms with Gasteiger partial charge >= 0.3 is 5.13 Å². The van der Waals surface area contributed by atoms with Crippen molar-refractivity contribution in [3.8, 4) is 11.3 Å². The van der Waals surface area contributed by atoms with Crippen molar-refractivity contribution in [2.24, 2.45) is 0 Å². The number of rotatable bonds is 4. The highest BCUT2D eigenvalue weighted by atomic mass is 127. The fraction of sp³-hybridized carbons (Fsp3) is 0.158. The lowest BCUT2D eigenvalue weighted by Gasteiger charge is -2.07. The van der Waals surface area contributed by atoms with Crippen LogP contribution in [0.4, 0.5) is 5.13 Å². The van der Waals surface area contributed by atoms with Crippen molar-refractivity contribution in [3.05, 3.63) is 69.1 Å². The number of thiazole rings is 1. The summed E-state index contributed by atoms with van der Waals surface area (Å²) in [5.74, 6) is 0.175. The highest BCUT2D eigenvalue weighted by Gasteiger charge is 2.33. The lowest BCUT2D eigenvalue weighted by molar-refractivity contribution is -0.656. The Hall–Kier alpha value is -1.25. The average Bonchev–Trinajstić information content (AvgIpc) is 3.19. The fourth-order valence-electron chi connectivity index (χ4n) is 3.00. The van der Waals surface area contributed by atoms with Crippen LogP contribution < -0.4 is 26.4 Å². The number of fused-ring (bicyclic) bond motifs is 1. The maximum atomic E-state index is 12.5. The summed E-state index contributed by atoms with van der Waals surface area (Å²) in [6, 6.07) is 18.2. The molecule has 0 spiro atoms. The number of ketones is 1. The Morgan fingerprint density at radius 3 is 2.56 bits per heavy atom. The normalized spacial score (nSPS) is 12.6. The molecule has 3 nitrogen and oxygen atoms in total. The molecule has 0 amide bonds. The summed E-state index contributed by atoms with van der Waals surface area (Å²) in [7, 11) is 0. The third kappa shape index (κ3) is 3.80. The van der Waals surface area contributed by atoms with E-state index in [1.54, 1.807) is 11.3 Å². The summed E-state index contributed by atoms with van der Waals surface area (Å²) in [5.41, 5.74) is 3.25. The van der Waals surface area contributed by atoms with Crippen LogP contribution in [0.2, 0.25) is 0 Å². The van der Waals surface area contributed by atoms with Crippen LogP contribution in [0.25, 0.3) is 11.3 Å². The Bertz CT molecular complexity index is 880. The number of aromatic nitrogens is 1. The predicted molar refractivity (Wildman–Crippen MR) is 106 cm³/mol. The van der Waals surface area contributed by atoms with E-state index in [2.05, 4.69) is 61.7 Å². The van der Waals surface area contributed by atoms with Gasteiger partial charge in [-0.25, -0.2) is 9.47 Å². The SMILES string of the molecule is O=C(CN1CC[n+]2c(-c3ccccc3)csc21)c1ccc(I)cc1.[Br-]. The van der Waals surface area contributed by atoms with Gasteiger partial charge in [0.25, 0.3) is 0 Å². The molecule has 3 aromatic rings. The first-order chi connectivity index (χ1) is 11.7. The topological polar surface area (TPSA) is 24.2 Å². The number of Topliss-reactive ketones (excluding diaryl/α,β-unsaturated/α-hetero) is 1. The lowest BCUT2D eigenvalue weighted by Crippen LogP contribution is -3.00. The molecule has 1 aliphatic rings. The molecule has 25 heavy (non-hydrogen) atoms. The van der Waals surface area contributed by atoms with Gasteiger partial charge in [-0.1, -0.05) is 53.8 Å². The average molecular weight is 527 g/mol. The molecule has 1 aromatic heterocycles. The predicted octanol–water partition coefficient (Wildman–Crippen LogP) is 1.01. The van der Waals surface area contributed by atoms with Crippen LogP contribution >= 0.6 is 33.9 Å². The number of carbonyl (C=O) groups is 1. The summed E-state index contributed by atoms with van der Waals surface area (Å²) < 4.78 is 3.47. The number of hydrogen-bond acceptors (Lipinski definition) is 3. The first-order valence-corrected chi connectivity index (χ1v) is 9.79. The zero-order chi connectivity index (χ0) is 16.5. The highest BCUT2D eigenvalue weighted by molar-refractivity contribution is 14.1. The largest absolute Gasteiger partial charge is 1.00 e. The maximum absolute atomic E-state index is 12.5. The van der Waals surface area contributed by atoms with Gasteiger partial charge in [-0.15, -0.1) is 0 Å². The van der Waals surface area contributed by atoms with Gasteiger partial charge in [-0.3, -0.25) is 4.79 Å². The van der Waals surface area contributed by atoms with E-state index in [0.29, 0.717) is 6.54 Å². The summed E-state index contributed by atoms with van der Waals surface area (Å²) >= 11 is 3.97. The van der Waals surface area contributed by atoms with Crippen molar-refractivity contribution in [3.63, 3.8) is 0 Å². The van der Waals surface area contributed by atoms with Crippen molar-refractivity contribution in [2.45, 2.75) is 6.54 Å². The number of benzene rings is 2. The third-order valence-electron chi connectivity index (χ3n) is 4.23. The monoisotopic (exact) mass is 526 g/mol. The second kappa shape index (κ2) is 7.97. The summed E-state index contributed by atoms with van der Waals surface area (Å²) in [6.07, 6.45) is 0. The molecule has 0 bridgehead atoms. The van der Waals surface area contributed by atoms with Gasteiger partial charge in [0.15, 0.2) is 0 Å². The van der Waals surface area contributed by atoms with Crippen molar-refractivity contribution in [2.75, 3.05) is 18.0 Å². The first kappa shape index (κ1) is 18.5. The molecule has 0 atom stereocenters. The zero-order valence-electron chi connectivity index (χ0n) is 13.4. The van der Waals surface area contributed by atoms with Crippen molar-refractivity contribution in [1.82, 2.24) is 0 Å². The maximum Gasteiger partial charge on any atom is 0.337 e. The van der Waals surface area contributed by atoms with E-state index < -0.39 is 0 Å². The minimum atomic E-state index is 0. The molecular formula is C19H16BrIN2OS. The number of carbonyl (C=O) groups excluding carboxylic acids is 1. The lowest BCUT2D eigenvalue weighted by atomic mass is 10.1. The van der Waals surface area contributed by atoms with Crippen LogP contribution in [0, 0.1) is 3.57 Å². The van der Waals surface area contributed by atoms with E-state index in [-0.39, 0.29) is 22.8 Å². The number of nitrogens with zero attached hydrogens (tertiary/aromatic N) is 2. The number of hydrogen-bond donors (Lipinski definition) is 0. The Balaban J connectivity index is 0.00000182. The molecule has 0 radical (unpaired) electrons. The summed E-state index contributed by atoms with van der Waals surface area (Å²) in [6.45, 7) is 2.26. The molecule has 0 unspecified atom stereocenters. The molecule has 4 rings (SSSR count). The number of halogens is 2. The first-order valence-electron chi connectivity index (χ1n) is 7.83. The standard InChI is InChI=1S/C19H16IN2OS.BrH/c20-16-8-6-15(7-9-16)18(23)12-21-10-11-22-17(13-24-19(21)22)14-4-2-1-3-5-14;/h1-9,13H,10-12H2;1H/q+1;/p-1. The van der Waals surface area contributed by atoms with Crippen molar-refractivity contribution >= 4 is 44.8 Å². The molecular weight excluding hydrogens is 511 g/mol. The van der Waals surface area contributed by atoms with E-state index in [1.807, 2.05) is 30.3 Å². The van der Waals surface area contributed by atoms with Crippen LogP contribution in [0.15, 0.2) is 60.0 Å². The van der Waals surface area contributed by atoms with Crippen LogP contribution in [-0.2, 0) is 6.54 Å². The number of anilines is 1. The van der Waals surface area contributed by atoms with Crippen LogP contribution in [0.1, 0.15) is 10.4 Å². The van der Waals surface area contributed by atoms with E-state index >= 15 is 0 Å². The van der Waals surface area contributed by atoms with Crippen molar-refractivity contribution in [1.29, 1.82) is 0 Å². The van der Waals surface area contributed by atoms with Gasteiger partial charge in [-0.05, 0) is 34.7 Å². The summed E-state index contributed by atoms with van der Waals surface area (Å²) in [4.78, 5) is 14.7. The van der Waals surface area contributed by atoms with Gasteiger partial charge in [-0.2, -0.15) is 0 Å².